The molecule has 0 amide bonds. The maximum atomic E-state index is 11.0. The van der Waals surface area contributed by atoms with Crippen molar-refractivity contribution in [1.29, 1.82) is 0 Å². The minimum Gasteiger partial charge on any atom is -0.502 e. The highest BCUT2D eigenvalue weighted by molar-refractivity contribution is 7.81. The van der Waals surface area contributed by atoms with Crippen LogP contribution in [0.15, 0.2) is 73.1 Å². The van der Waals surface area contributed by atoms with E-state index >= 15 is 0 Å². The summed E-state index contributed by atoms with van der Waals surface area (Å²) in [5.74, 6) is 0.00263. The second-order valence-corrected chi connectivity index (χ2v) is 7.10. The first-order chi connectivity index (χ1) is 13.5. The van der Waals surface area contributed by atoms with Crippen molar-refractivity contribution in [2.75, 3.05) is 5.32 Å². The first-order valence-electron chi connectivity index (χ1n) is 8.67. The van der Waals surface area contributed by atoms with Crippen LogP contribution in [0.1, 0.15) is 16.7 Å². The second kappa shape index (κ2) is 8.97. The Balaban J connectivity index is 2.10. The van der Waals surface area contributed by atoms with Gasteiger partial charge in [-0.15, -0.1) is 0 Å². The average Bonchev–Trinajstić information content (AvgIpc) is 2.70. The van der Waals surface area contributed by atoms with Crippen molar-refractivity contribution in [3.63, 3.8) is 0 Å². The number of aryl methyl sites for hydroxylation is 1. The monoisotopic (exact) mass is 411 g/mol. The summed E-state index contributed by atoms with van der Waals surface area (Å²) in [7, 11) is 0. The van der Waals surface area contributed by atoms with E-state index in [-0.39, 0.29) is 12.4 Å². The highest BCUT2D eigenvalue weighted by Gasteiger charge is 2.24. The Morgan fingerprint density at radius 3 is 2.46 bits per heavy atom. The molecule has 142 valence electrons. The molecule has 0 radical (unpaired) electrons. The van der Waals surface area contributed by atoms with Crippen LogP contribution in [0.3, 0.4) is 0 Å². The summed E-state index contributed by atoms with van der Waals surface area (Å²) in [6.45, 7) is 1.86. The molecule has 0 fully saturated rings. The quantitative estimate of drug-likeness (QED) is 0.245. The molecular formula is C22H20ClN2O2S+. The largest absolute Gasteiger partial charge is 0.502 e. The molecule has 4 nitrogen and oxygen atoms in total. The zero-order valence-corrected chi connectivity index (χ0v) is 16.8. The second-order valence-electron chi connectivity index (χ2n) is 6.25. The van der Waals surface area contributed by atoms with Crippen molar-refractivity contribution in [1.82, 2.24) is 0 Å². The van der Waals surface area contributed by atoms with Gasteiger partial charge in [0.25, 0.3) is 5.70 Å². The van der Waals surface area contributed by atoms with Crippen molar-refractivity contribution in [2.24, 2.45) is 0 Å². The Morgan fingerprint density at radius 1 is 1.07 bits per heavy atom. The van der Waals surface area contributed by atoms with Crippen LogP contribution in [0, 0.1) is 6.92 Å². The molecule has 1 heterocycles. The zero-order chi connectivity index (χ0) is 20.1. The molecule has 0 unspecified atom stereocenters. The summed E-state index contributed by atoms with van der Waals surface area (Å²) in [4.78, 5) is 0.349. The Bertz CT molecular complexity index is 1030. The fraction of sp³-hybridized carbons (Fsp3) is 0.0909. The van der Waals surface area contributed by atoms with Gasteiger partial charge in [0.1, 0.15) is 0 Å². The molecule has 0 aliphatic carbocycles. The third kappa shape index (κ3) is 4.57. The summed E-state index contributed by atoms with van der Waals surface area (Å²) in [6, 6.07) is 18.2. The van der Waals surface area contributed by atoms with Crippen molar-refractivity contribution in [3.8, 4) is 0 Å². The third-order valence-electron chi connectivity index (χ3n) is 4.25. The predicted octanol–water partition coefficient (Wildman–Crippen LogP) is 4.75. The lowest BCUT2D eigenvalue weighted by molar-refractivity contribution is -0.576. The van der Waals surface area contributed by atoms with Crippen LogP contribution in [0.2, 0.25) is 5.02 Å². The van der Waals surface area contributed by atoms with Gasteiger partial charge in [-0.05, 0) is 48.9 Å². The molecule has 0 aliphatic rings. The average molecular weight is 412 g/mol. The topological polar surface area (TPSA) is 56.4 Å². The highest BCUT2D eigenvalue weighted by Crippen LogP contribution is 2.22. The van der Waals surface area contributed by atoms with Gasteiger partial charge in [-0.25, -0.2) is 0 Å². The maximum Gasteiger partial charge on any atom is 0.288 e. The van der Waals surface area contributed by atoms with E-state index in [1.165, 1.54) is 0 Å². The lowest BCUT2D eigenvalue weighted by Gasteiger charge is -2.12. The fourth-order valence-corrected chi connectivity index (χ4v) is 3.18. The summed E-state index contributed by atoms with van der Waals surface area (Å²) < 4.78 is 1.70. The van der Waals surface area contributed by atoms with E-state index in [4.69, 9.17) is 23.8 Å². The van der Waals surface area contributed by atoms with Gasteiger partial charge in [0.05, 0.1) is 6.61 Å². The van der Waals surface area contributed by atoms with Crippen LogP contribution in [0.25, 0.3) is 11.5 Å². The molecule has 2 aromatic carbocycles. The van der Waals surface area contributed by atoms with Gasteiger partial charge in [0.15, 0.2) is 23.1 Å². The van der Waals surface area contributed by atoms with Gasteiger partial charge in [-0.2, -0.15) is 4.57 Å². The van der Waals surface area contributed by atoms with E-state index in [0.29, 0.717) is 26.8 Å². The number of aliphatic hydroxyl groups excluding tert-OH is 2. The molecule has 0 saturated carbocycles. The van der Waals surface area contributed by atoms with Gasteiger partial charge in [0.2, 0.25) is 0 Å². The number of anilines is 1. The SMILES string of the molecule is Cc1ccccc1NC(=S)C(=C(O)c1ccc(Cl)cc1)[n+]1cccc(CO)c1. The Morgan fingerprint density at radius 2 is 1.79 bits per heavy atom. The summed E-state index contributed by atoms with van der Waals surface area (Å²) in [5, 5.41) is 24.3. The molecule has 3 aromatic rings. The van der Waals surface area contributed by atoms with E-state index in [0.717, 1.165) is 11.3 Å². The number of thiocarbonyl (C=S) groups is 1. The Hall–Kier alpha value is -2.73. The van der Waals surface area contributed by atoms with Gasteiger partial charge in [0, 0.05) is 27.9 Å². The molecule has 0 aliphatic heterocycles. The van der Waals surface area contributed by atoms with Crippen molar-refractivity contribution >= 4 is 46.0 Å². The van der Waals surface area contributed by atoms with Gasteiger partial charge in [-0.3, -0.25) is 0 Å². The smallest absolute Gasteiger partial charge is 0.288 e. The number of nitrogens with zero attached hydrogens (tertiary/aromatic N) is 1. The van der Waals surface area contributed by atoms with Gasteiger partial charge < -0.3 is 15.5 Å². The van der Waals surface area contributed by atoms with E-state index in [2.05, 4.69) is 5.32 Å². The van der Waals surface area contributed by atoms with Crippen molar-refractivity contribution in [3.05, 3.63) is 94.8 Å². The van der Waals surface area contributed by atoms with Crippen LogP contribution < -0.4 is 9.88 Å². The molecule has 0 bridgehead atoms. The maximum absolute atomic E-state index is 11.0. The molecule has 28 heavy (non-hydrogen) atoms. The molecule has 0 spiro atoms. The number of aromatic nitrogens is 1. The fourth-order valence-electron chi connectivity index (χ4n) is 2.74. The lowest BCUT2D eigenvalue weighted by Crippen LogP contribution is -2.39. The molecule has 3 N–H and O–H groups in total. The minimum atomic E-state index is -0.117. The summed E-state index contributed by atoms with van der Waals surface area (Å²) in [5.41, 5.74) is 3.56. The number of hydrogen-bond acceptors (Lipinski definition) is 3. The highest BCUT2D eigenvalue weighted by atomic mass is 35.5. The van der Waals surface area contributed by atoms with Gasteiger partial charge in [-0.1, -0.05) is 42.0 Å². The number of benzene rings is 2. The van der Waals surface area contributed by atoms with E-state index in [9.17, 15) is 10.2 Å². The van der Waals surface area contributed by atoms with Gasteiger partial charge >= 0.3 is 0 Å². The Kier molecular flexibility index (Phi) is 6.41. The molecular weight excluding hydrogens is 392 g/mol. The summed E-state index contributed by atoms with van der Waals surface area (Å²) in [6.07, 6.45) is 3.50. The first-order valence-corrected chi connectivity index (χ1v) is 9.46. The number of rotatable bonds is 5. The number of halogens is 1. The van der Waals surface area contributed by atoms with Crippen LogP contribution in [0.5, 0.6) is 0 Å². The molecule has 6 heteroatoms. The molecule has 0 atom stereocenters. The predicted molar refractivity (Wildman–Crippen MR) is 117 cm³/mol. The Labute approximate surface area is 174 Å². The number of nitrogens with one attached hydrogen (secondary N) is 1. The minimum absolute atomic E-state index is 0.00263. The number of aliphatic hydroxyl groups is 2. The van der Waals surface area contributed by atoms with Crippen LogP contribution >= 0.6 is 23.8 Å². The molecule has 3 rings (SSSR count). The third-order valence-corrected chi connectivity index (χ3v) is 4.80. The molecule has 1 aromatic heterocycles. The number of para-hydroxylation sites is 1. The van der Waals surface area contributed by atoms with E-state index in [1.807, 2.05) is 31.2 Å². The molecule has 0 saturated heterocycles. The lowest BCUT2D eigenvalue weighted by atomic mass is 10.1. The number of pyridine rings is 1. The zero-order valence-electron chi connectivity index (χ0n) is 15.3. The standard InChI is InChI=1S/C22H19ClN2O2S/c1-15-5-2-3-7-19(15)24-22(28)20(25-12-4-6-16(13-25)14-26)21(27)17-8-10-18(23)11-9-17/h2-13,26H,14H2,1H3,(H-,24,27,28)/p+1. The normalized spacial score (nSPS) is 11.7. The van der Waals surface area contributed by atoms with Crippen molar-refractivity contribution in [2.45, 2.75) is 13.5 Å². The van der Waals surface area contributed by atoms with Crippen molar-refractivity contribution < 1.29 is 14.8 Å². The first kappa shape index (κ1) is 20.0. The van der Waals surface area contributed by atoms with E-state index < -0.39 is 0 Å². The summed E-state index contributed by atoms with van der Waals surface area (Å²) >= 11 is 11.6. The van der Waals surface area contributed by atoms with Crippen LogP contribution in [0.4, 0.5) is 5.69 Å². The van der Waals surface area contributed by atoms with Crippen LogP contribution in [-0.2, 0) is 6.61 Å². The number of hydrogen-bond donors (Lipinski definition) is 3. The van der Waals surface area contributed by atoms with Crippen LogP contribution in [-0.4, -0.2) is 15.2 Å². The van der Waals surface area contributed by atoms with E-state index in [1.54, 1.807) is 53.4 Å².